The zero-order valence-corrected chi connectivity index (χ0v) is 11.5. The van der Waals surface area contributed by atoms with Crippen LogP contribution in [0.25, 0.3) is 0 Å². The Morgan fingerprint density at radius 2 is 2.32 bits per heavy atom. The molecule has 0 saturated carbocycles. The predicted octanol–water partition coefficient (Wildman–Crippen LogP) is 3.60. The van der Waals surface area contributed by atoms with Crippen molar-refractivity contribution < 1.29 is 9.53 Å². The highest BCUT2D eigenvalue weighted by molar-refractivity contribution is 7.10. The van der Waals surface area contributed by atoms with Crippen molar-refractivity contribution >= 4 is 22.8 Å². The third kappa shape index (κ3) is 2.12. The molecule has 2 aromatic rings. The Morgan fingerprint density at radius 1 is 1.47 bits per heavy atom. The maximum Gasteiger partial charge on any atom is 0.170 e. The fraction of sp³-hybridized carbons (Fsp3) is 0.267. The Morgan fingerprint density at radius 3 is 3.00 bits per heavy atom. The first kappa shape index (κ1) is 12.2. The number of anilines is 1. The molecule has 4 heteroatoms. The third-order valence-electron chi connectivity index (χ3n) is 3.38. The summed E-state index contributed by atoms with van der Waals surface area (Å²) in [6.07, 6.45) is 1.05. The molecule has 1 aromatic carbocycles. The van der Waals surface area contributed by atoms with Crippen molar-refractivity contribution in [3.05, 3.63) is 45.6 Å². The normalized spacial score (nSPS) is 17.9. The Kier molecular flexibility index (Phi) is 3.03. The van der Waals surface area contributed by atoms with Crippen LogP contribution in [0.1, 0.15) is 40.2 Å². The number of carbonyl (C=O) groups excluding carboxylic acids is 1. The van der Waals surface area contributed by atoms with Crippen LogP contribution in [0.15, 0.2) is 29.6 Å². The number of fused-ring (bicyclic) bond motifs is 1. The molecule has 3 rings (SSSR count). The lowest BCUT2D eigenvalue weighted by molar-refractivity contribution is 0.0855. The monoisotopic (exact) mass is 273 g/mol. The summed E-state index contributed by atoms with van der Waals surface area (Å²) < 4.78 is 5.94. The van der Waals surface area contributed by atoms with Gasteiger partial charge >= 0.3 is 0 Å². The third-order valence-corrected chi connectivity index (χ3v) is 4.34. The van der Waals surface area contributed by atoms with Gasteiger partial charge in [0, 0.05) is 4.88 Å². The number of ether oxygens (including phenoxy) is 1. The van der Waals surface area contributed by atoms with Crippen LogP contribution < -0.4 is 10.5 Å². The summed E-state index contributed by atoms with van der Waals surface area (Å²) in [5.74, 6) is 0.661. The lowest BCUT2D eigenvalue weighted by Gasteiger charge is -2.26. The van der Waals surface area contributed by atoms with E-state index in [0.717, 1.165) is 16.9 Å². The molecule has 19 heavy (non-hydrogen) atoms. The summed E-state index contributed by atoms with van der Waals surface area (Å²) in [7, 11) is 0. The molecule has 98 valence electrons. The van der Waals surface area contributed by atoms with Crippen LogP contribution in [0.5, 0.6) is 5.75 Å². The molecule has 0 saturated heterocycles. The van der Waals surface area contributed by atoms with Gasteiger partial charge in [-0.15, -0.1) is 11.3 Å². The molecule has 1 aliphatic rings. The van der Waals surface area contributed by atoms with Crippen molar-refractivity contribution in [3.8, 4) is 5.75 Å². The van der Waals surface area contributed by atoms with Crippen LogP contribution in [-0.2, 0) is 6.42 Å². The van der Waals surface area contributed by atoms with Crippen LogP contribution in [0.4, 0.5) is 5.69 Å². The summed E-state index contributed by atoms with van der Waals surface area (Å²) in [5.41, 5.74) is 8.28. The second-order valence-electron chi connectivity index (χ2n) is 4.66. The molecule has 1 unspecified atom stereocenters. The van der Waals surface area contributed by atoms with E-state index in [1.807, 2.05) is 36.6 Å². The first-order valence-corrected chi connectivity index (χ1v) is 7.22. The van der Waals surface area contributed by atoms with Gasteiger partial charge in [0.05, 0.1) is 17.7 Å². The standard InChI is InChI=1S/C15H15NO2S/c1-2-9-6-10-12(17)8-13(14-4-3-5-19-14)18-15(10)11(16)7-9/h3-7,13H,2,8,16H2,1H3. The minimum absolute atomic E-state index is 0.113. The van der Waals surface area contributed by atoms with Crippen molar-refractivity contribution in [2.45, 2.75) is 25.9 Å². The fourth-order valence-electron chi connectivity index (χ4n) is 2.35. The molecule has 1 aliphatic heterocycles. The maximum atomic E-state index is 12.3. The number of benzene rings is 1. The van der Waals surface area contributed by atoms with E-state index in [-0.39, 0.29) is 11.9 Å². The molecule has 0 bridgehead atoms. The summed E-state index contributed by atoms with van der Waals surface area (Å²) >= 11 is 1.60. The van der Waals surface area contributed by atoms with E-state index < -0.39 is 0 Å². The molecule has 0 radical (unpaired) electrons. The van der Waals surface area contributed by atoms with Gasteiger partial charge in [0.1, 0.15) is 6.10 Å². The number of rotatable bonds is 2. The second kappa shape index (κ2) is 4.70. The Balaban J connectivity index is 2.02. The van der Waals surface area contributed by atoms with Crippen molar-refractivity contribution in [2.24, 2.45) is 0 Å². The molecule has 1 aromatic heterocycles. The Hall–Kier alpha value is -1.81. The lowest BCUT2D eigenvalue weighted by Crippen LogP contribution is -2.21. The molecule has 2 N–H and O–H groups in total. The molecule has 0 spiro atoms. The number of carbonyl (C=O) groups is 1. The van der Waals surface area contributed by atoms with E-state index >= 15 is 0 Å². The number of Topliss-reactive ketones (excluding diaryl/α,β-unsaturated/α-hetero) is 1. The van der Waals surface area contributed by atoms with Crippen molar-refractivity contribution in [1.82, 2.24) is 0 Å². The average molecular weight is 273 g/mol. The van der Waals surface area contributed by atoms with Crippen molar-refractivity contribution in [3.63, 3.8) is 0 Å². The average Bonchev–Trinajstić information content (AvgIpc) is 2.93. The van der Waals surface area contributed by atoms with Gasteiger partial charge in [-0.3, -0.25) is 4.79 Å². The second-order valence-corrected chi connectivity index (χ2v) is 5.64. The molecule has 3 nitrogen and oxygen atoms in total. The van der Waals surface area contributed by atoms with Gasteiger partial charge in [-0.05, 0) is 35.6 Å². The van der Waals surface area contributed by atoms with Crippen LogP contribution in [0, 0.1) is 0 Å². The number of hydrogen-bond donors (Lipinski definition) is 1. The first-order valence-electron chi connectivity index (χ1n) is 6.34. The number of thiophene rings is 1. The van der Waals surface area contributed by atoms with E-state index in [1.165, 1.54) is 0 Å². The van der Waals surface area contributed by atoms with E-state index in [9.17, 15) is 4.79 Å². The van der Waals surface area contributed by atoms with Crippen LogP contribution >= 0.6 is 11.3 Å². The molecule has 0 fully saturated rings. The van der Waals surface area contributed by atoms with Crippen LogP contribution in [-0.4, -0.2) is 5.78 Å². The molecule has 0 aliphatic carbocycles. The number of hydrogen-bond acceptors (Lipinski definition) is 4. The zero-order chi connectivity index (χ0) is 13.4. The van der Waals surface area contributed by atoms with Gasteiger partial charge in [-0.1, -0.05) is 13.0 Å². The van der Waals surface area contributed by atoms with Crippen LogP contribution in [0.2, 0.25) is 0 Å². The van der Waals surface area contributed by atoms with E-state index in [1.54, 1.807) is 11.3 Å². The largest absolute Gasteiger partial charge is 0.481 e. The number of aryl methyl sites for hydroxylation is 1. The number of nitrogen functional groups attached to an aromatic ring is 1. The van der Waals surface area contributed by atoms with E-state index in [2.05, 4.69) is 0 Å². The first-order chi connectivity index (χ1) is 9.19. The topological polar surface area (TPSA) is 52.3 Å². The SMILES string of the molecule is CCc1cc(N)c2c(c1)C(=O)CC(c1cccs1)O2. The van der Waals surface area contributed by atoms with Gasteiger partial charge in [0.2, 0.25) is 0 Å². The molecular weight excluding hydrogens is 258 g/mol. The molecule has 1 atom stereocenters. The number of ketones is 1. The van der Waals surface area contributed by atoms with Crippen LogP contribution in [0.3, 0.4) is 0 Å². The summed E-state index contributed by atoms with van der Waals surface area (Å²) in [6, 6.07) is 7.75. The summed E-state index contributed by atoms with van der Waals surface area (Å²) in [5, 5.41) is 1.99. The zero-order valence-electron chi connectivity index (χ0n) is 10.7. The summed E-state index contributed by atoms with van der Waals surface area (Å²) in [6.45, 7) is 2.05. The highest BCUT2D eigenvalue weighted by Crippen LogP contribution is 2.40. The Bertz CT molecular complexity index is 619. The fourth-order valence-corrected chi connectivity index (χ4v) is 3.11. The minimum Gasteiger partial charge on any atom is -0.481 e. The van der Waals surface area contributed by atoms with Gasteiger partial charge in [-0.25, -0.2) is 0 Å². The summed E-state index contributed by atoms with van der Waals surface area (Å²) in [4.78, 5) is 13.3. The Labute approximate surface area is 116 Å². The maximum absolute atomic E-state index is 12.3. The quantitative estimate of drug-likeness (QED) is 0.851. The number of nitrogens with two attached hydrogens (primary N) is 1. The van der Waals surface area contributed by atoms with E-state index in [0.29, 0.717) is 23.4 Å². The highest BCUT2D eigenvalue weighted by Gasteiger charge is 2.30. The van der Waals surface area contributed by atoms with E-state index in [4.69, 9.17) is 10.5 Å². The van der Waals surface area contributed by atoms with Crippen molar-refractivity contribution in [1.29, 1.82) is 0 Å². The van der Waals surface area contributed by atoms with Gasteiger partial charge in [0.15, 0.2) is 11.5 Å². The molecule has 2 heterocycles. The van der Waals surface area contributed by atoms with Gasteiger partial charge in [-0.2, -0.15) is 0 Å². The van der Waals surface area contributed by atoms with Crippen molar-refractivity contribution in [2.75, 3.05) is 5.73 Å². The molecular formula is C15H15NO2S. The smallest absolute Gasteiger partial charge is 0.170 e. The lowest BCUT2D eigenvalue weighted by atomic mass is 9.96. The highest BCUT2D eigenvalue weighted by atomic mass is 32.1. The predicted molar refractivity (Wildman–Crippen MR) is 76.9 cm³/mol. The minimum atomic E-state index is -0.199. The van der Waals surface area contributed by atoms with Gasteiger partial charge in [0.25, 0.3) is 0 Å². The molecule has 0 amide bonds. The van der Waals surface area contributed by atoms with Gasteiger partial charge < -0.3 is 10.5 Å².